The Labute approximate surface area is 549 Å². The molecular weight excluding hydrogens is 1320 g/mol. The van der Waals surface area contributed by atoms with Crippen molar-refractivity contribution in [3.05, 3.63) is 275 Å². The number of amides is 1. The zero-order chi connectivity index (χ0) is 72.0. The van der Waals surface area contributed by atoms with Gasteiger partial charge in [0.1, 0.15) is 35.6 Å². The number of anilines is 6. The van der Waals surface area contributed by atoms with Crippen LogP contribution in [-0.2, 0) is 0 Å². The van der Waals surface area contributed by atoms with Crippen molar-refractivity contribution in [3.8, 4) is 11.5 Å². The number of aromatic amines is 3. The molecule has 31 nitrogen and oxygen atoms in total. The molecule has 506 valence electrons. The summed E-state index contributed by atoms with van der Waals surface area (Å²) in [7, 11) is 0. The van der Waals surface area contributed by atoms with E-state index in [2.05, 4.69) is 61.2 Å². The van der Waals surface area contributed by atoms with E-state index in [9.17, 15) is 86.2 Å². The highest BCUT2D eigenvalue weighted by Crippen LogP contribution is 2.29. The molecule has 0 fully saturated rings. The Morgan fingerprint density at radius 2 is 0.929 bits per heavy atom. The van der Waals surface area contributed by atoms with Gasteiger partial charge < -0.3 is 36.2 Å². The van der Waals surface area contributed by atoms with Gasteiger partial charge in [-0.25, -0.2) is 42.1 Å². The summed E-state index contributed by atoms with van der Waals surface area (Å²) in [6.45, 7) is 1.87. The molecule has 0 atom stereocenters. The van der Waals surface area contributed by atoms with Crippen LogP contribution >= 0.6 is 0 Å². The van der Waals surface area contributed by atoms with Crippen molar-refractivity contribution < 1.29 is 66.1 Å². The maximum Gasteiger partial charge on any atom is 0.346 e. The number of para-hydroxylation sites is 2. The number of halogens is 5. The van der Waals surface area contributed by atoms with E-state index in [0.29, 0.717) is 28.4 Å². The number of carboxylic acid groups (broad SMARTS) is 1. The average molecular weight is 1370 g/mol. The third kappa shape index (κ3) is 19.8. The fourth-order valence-electron chi connectivity index (χ4n) is 8.41. The van der Waals surface area contributed by atoms with Crippen LogP contribution in [-0.4, -0.2) is 99.2 Å². The summed E-state index contributed by atoms with van der Waals surface area (Å²) in [6.07, 6.45) is 0. The summed E-state index contributed by atoms with van der Waals surface area (Å²) in [5.41, 5.74) is 5.35. The summed E-state index contributed by atoms with van der Waals surface area (Å²) in [4.78, 5) is 127. The standard InChI is InChI=1S/C22H15FN4O5.C17H13F2N5O4.C15H9FN4O5.C7H8O.C2H4FN3/c1-12-4-2-3-5-18(12)32-21(29)17-11-15(27(30)31)10-16-19(17)25-22(26-20(16)28)24-14-8-6-13(23)7-9-14;18-5-6-20-15(25)12-7-11(24(27)28)8-13-14(12)22-17(23-16(13)26)21-10-3-1-9(19)2-4-10;16-7-1-3-8(4-2-7)17-15-18-12-10(13(21)19-15)5-9(20(24)25)6-11(12)14(22)23;1-6-4-2-3-5-7(6)8;3-1-2-5-6-4/h2-11H,1H3,(H2,24,25,26,28);1-4,7-8H,5-6H2,(H,20,25)(H2,21,22,23,26);1-6H,(H,22,23)(H2,17,18,19,21);2-5,8H,1H3;1-2H2. The van der Waals surface area contributed by atoms with Crippen LogP contribution in [0.1, 0.15) is 42.2 Å². The minimum absolute atomic E-state index is 0.0343. The van der Waals surface area contributed by atoms with E-state index in [-0.39, 0.29) is 80.5 Å². The fourth-order valence-corrected chi connectivity index (χ4v) is 8.41. The van der Waals surface area contributed by atoms with Gasteiger partial charge in [0.15, 0.2) is 0 Å². The number of carbonyl (C=O) groups is 3. The number of rotatable bonds is 17. The molecule has 0 spiro atoms. The van der Waals surface area contributed by atoms with Crippen molar-refractivity contribution >= 4 is 103 Å². The van der Waals surface area contributed by atoms with E-state index in [1.54, 1.807) is 37.3 Å². The molecule has 0 aliphatic heterocycles. The number of hydrogen-bond donors (Lipinski definition) is 9. The van der Waals surface area contributed by atoms with Gasteiger partial charge in [-0.1, -0.05) is 41.5 Å². The van der Waals surface area contributed by atoms with E-state index in [0.717, 1.165) is 42.0 Å². The Hall–Kier alpha value is -14.1. The second-order valence-corrected chi connectivity index (χ2v) is 19.9. The van der Waals surface area contributed by atoms with Gasteiger partial charge in [-0.15, -0.1) is 0 Å². The number of benzene rings is 8. The quantitative estimate of drug-likeness (QED) is 0.00597. The number of nitrogens with one attached hydrogen (secondary N) is 7. The number of hydrogen-bond acceptors (Lipinski definition) is 21. The minimum atomic E-state index is -1.46. The van der Waals surface area contributed by atoms with E-state index in [1.807, 2.05) is 25.1 Å². The Kier molecular flexibility index (Phi) is 24.6. The van der Waals surface area contributed by atoms with Crippen LogP contribution in [0.15, 0.2) is 177 Å². The number of non-ortho nitro benzene ring substituents is 3. The van der Waals surface area contributed by atoms with Crippen molar-refractivity contribution in [2.45, 2.75) is 13.8 Å². The summed E-state index contributed by atoms with van der Waals surface area (Å²) in [5.74, 6) is -4.06. The molecule has 36 heteroatoms. The molecule has 3 heterocycles. The first-order valence-corrected chi connectivity index (χ1v) is 28.2. The Morgan fingerprint density at radius 1 is 0.556 bits per heavy atom. The van der Waals surface area contributed by atoms with Gasteiger partial charge in [-0.05, 0) is 115 Å². The molecular formula is C63H49F5N16O15. The molecule has 0 aliphatic carbocycles. The lowest BCUT2D eigenvalue weighted by Gasteiger charge is -2.10. The summed E-state index contributed by atoms with van der Waals surface area (Å²) < 4.78 is 67.8. The Balaban J connectivity index is 0.000000191. The number of azide groups is 1. The van der Waals surface area contributed by atoms with Gasteiger partial charge in [0.25, 0.3) is 39.6 Å². The number of aromatic hydroxyl groups is 1. The molecule has 0 radical (unpaired) electrons. The normalized spacial score (nSPS) is 10.3. The number of aryl methyl sites for hydroxylation is 2. The molecule has 11 rings (SSSR count). The summed E-state index contributed by atoms with van der Waals surface area (Å²) in [5, 5.41) is 64.4. The largest absolute Gasteiger partial charge is 0.508 e. The molecule has 0 bridgehead atoms. The highest BCUT2D eigenvalue weighted by Gasteiger charge is 2.25. The fraction of sp³-hybridized carbons (Fsp3) is 0.0952. The number of alkyl halides is 2. The first kappa shape index (κ1) is 72.4. The zero-order valence-corrected chi connectivity index (χ0v) is 51.0. The molecule has 8 aromatic carbocycles. The van der Waals surface area contributed by atoms with Crippen LogP contribution in [0.4, 0.5) is 73.9 Å². The lowest BCUT2D eigenvalue weighted by Crippen LogP contribution is -2.26. The lowest BCUT2D eigenvalue weighted by molar-refractivity contribution is -0.384. The molecule has 1 amide bonds. The van der Waals surface area contributed by atoms with E-state index < -0.39 is 103 Å². The van der Waals surface area contributed by atoms with Crippen molar-refractivity contribution in [2.24, 2.45) is 5.11 Å². The molecule has 99 heavy (non-hydrogen) atoms. The molecule has 9 N–H and O–H groups in total. The van der Waals surface area contributed by atoms with Crippen LogP contribution in [0, 0.1) is 61.6 Å². The number of H-pyrrole nitrogens is 3. The number of carboxylic acids is 1. The van der Waals surface area contributed by atoms with Crippen LogP contribution < -0.4 is 42.7 Å². The first-order chi connectivity index (χ1) is 47.3. The molecule has 0 saturated heterocycles. The minimum Gasteiger partial charge on any atom is -0.508 e. The summed E-state index contributed by atoms with van der Waals surface area (Å²) >= 11 is 0. The molecule has 0 aliphatic rings. The Bertz CT molecular complexity index is 5080. The number of carbonyl (C=O) groups excluding carboxylic acids is 2. The third-order valence-corrected chi connectivity index (χ3v) is 13.1. The highest BCUT2D eigenvalue weighted by atomic mass is 19.1. The van der Waals surface area contributed by atoms with Crippen molar-refractivity contribution in [1.29, 1.82) is 0 Å². The van der Waals surface area contributed by atoms with Gasteiger partial charge in [0, 0.05) is 64.9 Å². The van der Waals surface area contributed by atoms with Crippen molar-refractivity contribution in [3.63, 3.8) is 0 Å². The second kappa shape index (κ2) is 33.7. The Morgan fingerprint density at radius 3 is 1.27 bits per heavy atom. The highest BCUT2D eigenvalue weighted by molar-refractivity contribution is 6.07. The molecule has 3 aromatic heterocycles. The van der Waals surface area contributed by atoms with Crippen LogP contribution in [0.25, 0.3) is 43.2 Å². The van der Waals surface area contributed by atoms with Crippen LogP contribution in [0.5, 0.6) is 11.5 Å². The number of nitro groups is 3. The van der Waals surface area contributed by atoms with Crippen molar-refractivity contribution in [2.75, 3.05) is 42.4 Å². The molecule has 0 saturated carbocycles. The predicted octanol–water partition coefficient (Wildman–Crippen LogP) is 12.0. The van der Waals surface area contributed by atoms with Gasteiger partial charge >= 0.3 is 11.9 Å². The maximum atomic E-state index is 13.1. The number of aromatic nitrogens is 6. The molecule has 11 aromatic rings. The number of nitrogens with zero attached hydrogens (tertiary/aromatic N) is 9. The number of aromatic carboxylic acids is 1. The molecule has 0 unspecified atom stereocenters. The number of ether oxygens (including phenoxy) is 1. The zero-order valence-electron chi connectivity index (χ0n) is 51.0. The summed E-state index contributed by atoms with van der Waals surface area (Å²) in [6, 6.07) is 35.5. The third-order valence-electron chi connectivity index (χ3n) is 13.1. The lowest BCUT2D eigenvalue weighted by atomic mass is 10.1. The van der Waals surface area contributed by atoms with E-state index in [1.165, 1.54) is 72.8 Å². The van der Waals surface area contributed by atoms with Crippen molar-refractivity contribution in [1.82, 2.24) is 35.2 Å². The SMILES string of the molecule is Cc1ccccc1O.Cc1ccccc1OC(=O)c1cc([N+](=O)[O-])cc2c(=O)[nH]c(Nc3ccc(F)cc3)nc12.O=C(NCCF)c1cc([N+](=O)[O-])cc2c(=O)[nH]c(Nc3ccc(F)cc3)nc12.O=C(O)c1cc([N+](=O)[O-])cc2c(=O)[nH]c(Nc3ccc(F)cc3)nc12.[N-]=[N+]=NCCF. The van der Waals surface area contributed by atoms with Gasteiger partial charge in [0.05, 0.1) is 77.4 Å². The van der Waals surface area contributed by atoms with Gasteiger partial charge in [-0.3, -0.25) is 68.9 Å². The topological polar surface area (TPSA) is 464 Å². The number of esters is 1. The number of phenols is 1. The average Bonchev–Trinajstić information content (AvgIpc) is 0.789. The van der Waals surface area contributed by atoms with E-state index in [4.69, 9.17) is 15.4 Å². The smallest absolute Gasteiger partial charge is 0.346 e. The van der Waals surface area contributed by atoms with Crippen LogP contribution in [0.3, 0.4) is 0 Å². The first-order valence-electron chi connectivity index (χ1n) is 28.2. The second-order valence-electron chi connectivity index (χ2n) is 19.9. The monoisotopic (exact) mass is 1360 g/mol. The van der Waals surface area contributed by atoms with Gasteiger partial charge in [-0.2, -0.15) is 0 Å². The van der Waals surface area contributed by atoms with E-state index >= 15 is 0 Å². The number of fused-ring (bicyclic) bond motifs is 3. The maximum absolute atomic E-state index is 13.1. The van der Waals surface area contributed by atoms with Gasteiger partial charge in [0.2, 0.25) is 17.8 Å². The number of phenolic OH excluding ortho intramolecular Hbond substituents is 1. The van der Waals surface area contributed by atoms with Crippen LogP contribution in [0.2, 0.25) is 0 Å². The predicted molar refractivity (Wildman–Crippen MR) is 350 cm³/mol. The number of nitro benzene ring substituents is 3.